The molecular formula is C18H25N3O4. The summed E-state index contributed by atoms with van der Waals surface area (Å²) < 4.78 is 11.2. The van der Waals surface area contributed by atoms with Gasteiger partial charge in [-0.1, -0.05) is 0 Å². The summed E-state index contributed by atoms with van der Waals surface area (Å²) >= 11 is 0. The van der Waals surface area contributed by atoms with Crippen LogP contribution in [0.15, 0.2) is 18.3 Å². The molecule has 1 saturated heterocycles. The number of ether oxygens (including phenoxy) is 2. The molecule has 0 aromatic carbocycles. The molecule has 1 aliphatic heterocycles. The Morgan fingerprint density at radius 2 is 1.92 bits per heavy atom. The van der Waals surface area contributed by atoms with Crippen molar-refractivity contribution in [1.82, 2.24) is 14.8 Å². The van der Waals surface area contributed by atoms with Crippen LogP contribution in [-0.4, -0.2) is 66.7 Å². The van der Waals surface area contributed by atoms with Gasteiger partial charge >= 0.3 is 6.09 Å². The quantitative estimate of drug-likeness (QED) is 0.816. The van der Waals surface area contributed by atoms with Crippen LogP contribution in [0.4, 0.5) is 4.79 Å². The monoisotopic (exact) mass is 347 g/mol. The van der Waals surface area contributed by atoms with E-state index in [-0.39, 0.29) is 18.1 Å². The molecule has 0 unspecified atom stereocenters. The summed E-state index contributed by atoms with van der Waals surface area (Å²) in [6.45, 7) is 1.81. The SMILES string of the molecule is CN(C)C(=O)c1ccc(OC2CCN(C(=O)OCC3CC3)CC2)nc1. The molecule has 0 spiro atoms. The number of rotatable bonds is 5. The zero-order chi connectivity index (χ0) is 17.8. The van der Waals surface area contributed by atoms with E-state index in [1.807, 2.05) is 0 Å². The Bertz CT molecular complexity index is 605. The molecule has 1 aromatic heterocycles. The van der Waals surface area contributed by atoms with Crippen molar-refractivity contribution in [3.63, 3.8) is 0 Å². The Kier molecular flexibility index (Phi) is 5.40. The molecule has 136 valence electrons. The van der Waals surface area contributed by atoms with Gasteiger partial charge in [0, 0.05) is 52.3 Å². The highest BCUT2D eigenvalue weighted by molar-refractivity contribution is 5.93. The first-order valence-electron chi connectivity index (χ1n) is 8.79. The lowest BCUT2D eigenvalue weighted by Gasteiger charge is -2.31. The van der Waals surface area contributed by atoms with Crippen LogP contribution in [0.2, 0.25) is 0 Å². The smallest absolute Gasteiger partial charge is 0.409 e. The highest BCUT2D eigenvalue weighted by atomic mass is 16.6. The lowest BCUT2D eigenvalue weighted by atomic mass is 10.1. The summed E-state index contributed by atoms with van der Waals surface area (Å²) in [6, 6.07) is 3.43. The highest BCUT2D eigenvalue weighted by Gasteiger charge is 2.28. The molecule has 1 saturated carbocycles. The first kappa shape index (κ1) is 17.5. The molecule has 0 bridgehead atoms. The van der Waals surface area contributed by atoms with Gasteiger partial charge < -0.3 is 19.3 Å². The van der Waals surface area contributed by atoms with Crippen molar-refractivity contribution < 1.29 is 19.1 Å². The molecule has 2 aliphatic rings. The molecule has 1 aliphatic carbocycles. The fourth-order valence-corrected chi connectivity index (χ4v) is 2.73. The van der Waals surface area contributed by atoms with Crippen LogP contribution >= 0.6 is 0 Å². The standard InChI is InChI=1S/C18H25N3O4/c1-20(2)17(22)14-5-6-16(19-11-14)25-15-7-9-21(10-8-15)18(23)24-12-13-3-4-13/h5-6,11,13,15H,3-4,7-10,12H2,1-2H3. The van der Waals surface area contributed by atoms with E-state index >= 15 is 0 Å². The van der Waals surface area contributed by atoms with E-state index < -0.39 is 0 Å². The average molecular weight is 347 g/mol. The topological polar surface area (TPSA) is 72.0 Å². The highest BCUT2D eigenvalue weighted by Crippen LogP contribution is 2.29. The van der Waals surface area contributed by atoms with Gasteiger partial charge in [0.05, 0.1) is 12.2 Å². The number of carbonyl (C=O) groups is 2. The summed E-state index contributed by atoms with van der Waals surface area (Å²) in [4.78, 5) is 31.3. The van der Waals surface area contributed by atoms with E-state index in [1.165, 1.54) is 23.9 Å². The minimum Gasteiger partial charge on any atom is -0.474 e. The number of hydrogen-bond donors (Lipinski definition) is 0. The third kappa shape index (κ3) is 4.84. The largest absolute Gasteiger partial charge is 0.474 e. The Labute approximate surface area is 147 Å². The first-order chi connectivity index (χ1) is 12.0. The van der Waals surface area contributed by atoms with Gasteiger partial charge in [0.2, 0.25) is 5.88 Å². The van der Waals surface area contributed by atoms with Crippen molar-refractivity contribution in [2.24, 2.45) is 5.92 Å². The molecule has 7 nitrogen and oxygen atoms in total. The summed E-state index contributed by atoms with van der Waals surface area (Å²) in [7, 11) is 3.41. The number of aromatic nitrogens is 1. The van der Waals surface area contributed by atoms with Crippen LogP contribution < -0.4 is 4.74 Å². The van der Waals surface area contributed by atoms with Gasteiger partial charge in [0.15, 0.2) is 0 Å². The summed E-state index contributed by atoms with van der Waals surface area (Å²) in [5.74, 6) is 1.00. The van der Waals surface area contributed by atoms with Crippen LogP contribution in [0.5, 0.6) is 5.88 Å². The molecule has 0 radical (unpaired) electrons. The maximum Gasteiger partial charge on any atom is 0.409 e. The van der Waals surface area contributed by atoms with E-state index in [1.54, 1.807) is 31.1 Å². The minimum atomic E-state index is -0.213. The Morgan fingerprint density at radius 1 is 1.20 bits per heavy atom. The first-order valence-corrected chi connectivity index (χ1v) is 8.79. The van der Waals surface area contributed by atoms with E-state index in [9.17, 15) is 9.59 Å². The maximum atomic E-state index is 12.0. The Morgan fingerprint density at radius 3 is 2.48 bits per heavy atom. The Hall–Kier alpha value is -2.31. The number of piperidine rings is 1. The number of amides is 2. The molecule has 0 N–H and O–H groups in total. The number of nitrogens with zero attached hydrogens (tertiary/aromatic N) is 3. The number of carbonyl (C=O) groups excluding carboxylic acids is 2. The van der Waals surface area contributed by atoms with Crippen molar-refractivity contribution in [1.29, 1.82) is 0 Å². The van der Waals surface area contributed by atoms with Crippen LogP contribution in [0.3, 0.4) is 0 Å². The van der Waals surface area contributed by atoms with Gasteiger partial charge in [-0.15, -0.1) is 0 Å². The molecule has 1 aromatic rings. The summed E-state index contributed by atoms with van der Waals surface area (Å²) in [5.41, 5.74) is 0.533. The minimum absolute atomic E-state index is 0.0235. The summed E-state index contributed by atoms with van der Waals surface area (Å²) in [5, 5.41) is 0. The van der Waals surface area contributed by atoms with Gasteiger partial charge in [0.1, 0.15) is 6.10 Å². The number of hydrogen-bond acceptors (Lipinski definition) is 5. The van der Waals surface area contributed by atoms with Crippen LogP contribution in [0.1, 0.15) is 36.0 Å². The van der Waals surface area contributed by atoms with E-state index in [4.69, 9.17) is 9.47 Å². The van der Waals surface area contributed by atoms with Gasteiger partial charge in [-0.3, -0.25) is 4.79 Å². The van der Waals surface area contributed by atoms with Crippen molar-refractivity contribution in [3.05, 3.63) is 23.9 Å². The van der Waals surface area contributed by atoms with Crippen molar-refractivity contribution in [3.8, 4) is 5.88 Å². The molecule has 3 rings (SSSR count). The maximum absolute atomic E-state index is 12.0. The van der Waals surface area contributed by atoms with E-state index in [0.717, 1.165) is 12.8 Å². The second-order valence-electron chi connectivity index (χ2n) is 6.91. The van der Waals surface area contributed by atoms with Crippen LogP contribution in [-0.2, 0) is 4.74 Å². The van der Waals surface area contributed by atoms with Gasteiger partial charge in [-0.25, -0.2) is 9.78 Å². The molecule has 2 amide bonds. The molecular weight excluding hydrogens is 322 g/mol. The second-order valence-corrected chi connectivity index (χ2v) is 6.91. The van der Waals surface area contributed by atoms with Crippen LogP contribution in [0.25, 0.3) is 0 Å². The van der Waals surface area contributed by atoms with E-state index in [2.05, 4.69) is 4.98 Å². The zero-order valence-electron chi connectivity index (χ0n) is 14.8. The molecule has 7 heteroatoms. The molecule has 2 heterocycles. The molecule has 25 heavy (non-hydrogen) atoms. The van der Waals surface area contributed by atoms with Crippen LogP contribution in [0, 0.1) is 5.92 Å². The van der Waals surface area contributed by atoms with Crippen molar-refractivity contribution in [2.45, 2.75) is 31.8 Å². The zero-order valence-corrected chi connectivity index (χ0v) is 14.8. The predicted octanol–water partition coefficient (Wildman–Crippen LogP) is 2.17. The third-order valence-electron chi connectivity index (χ3n) is 4.52. The number of likely N-dealkylation sites (tertiary alicyclic amines) is 1. The lowest BCUT2D eigenvalue weighted by molar-refractivity contribution is 0.0640. The fraction of sp³-hybridized carbons (Fsp3) is 0.611. The molecule has 2 fully saturated rings. The number of pyridine rings is 1. The van der Waals surface area contributed by atoms with E-state index in [0.29, 0.717) is 37.1 Å². The summed E-state index contributed by atoms with van der Waals surface area (Å²) in [6.07, 6.45) is 5.19. The normalized spacial score (nSPS) is 17.9. The van der Waals surface area contributed by atoms with Crippen molar-refractivity contribution >= 4 is 12.0 Å². The lowest BCUT2D eigenvalue weighted by Crippen LogP contribution is -2.42. The second kappa shape index (κ2) is 7.72. The molecule has 0 atom stereocenters. The predicted molar refractivity (Wildman–Crippen MR) is 91.5 cm³/mol. The fourth-order valence-electron chi connectivity index (χ4n) is 2.73. The Balaban J connectivity index is 1.43. The van der Waals surface area contributed by atoms with Gasteiger partial charge in [-0.05, 0) is 24.8 Å². The van der Waals surface area contributed by atoms with Gasteiger partial charge in [-0.2, -0.15) is 0 Å². The van der Waals surface area contributed by atoms with Gasteiger partial charge in [0.25, 0.3) is 5.91 Å². The van der Waals surface area contributed by atoms with Crippen molar-refractivity contribution in [2.75, 3.05) is 33.8 Å². The third-order valence-corrected chi connectivity index (χ3v) is 4.52. The average Bonchev–Trinajstić information content (AvgIpc) is 3.45.